The molecule has 0 saturated carbocycles. The zero-order chi connectivity index (χ0) is 13.1. The molecule has 0 bridgehead atoms. The van der Waals surface area contributed by atoms with Crippen LogP contribution in [0.5, 0.6) is 0 Å². The largest absolute Gasteiger partial charge is 0.342 e. The van der Waals surface area contributed by atoms with E-state index in [1.807, 2.05) is 17.9 Å². The average molecular weight is 304 g/mol. The number of amides is 1. The van der Waals surface area contributed by atoms with Crippen molar-refractivity contribution in [3.63, 3.8) is 0 Å². The third kappa shape index (κ3) is 3.34. The first-order valence-electron chi connectivity index (χ1n) is 5.98. The molecular formula is C13H15Cl2NOS. The number of benzene rings is 1. The predicted octanol–water partition coefficient (Wildman–Crippen LogP) is 4.10. The van der Waals surface area contributed by atoms with Crippen LogP contribution in [0.1, 0.15) is 19.8 Å². The first-order chi connectivity index (χ1) is 8.58. The van der Waals surface area contributed by atoms with Gasteiger partial charge in [-0.25, -0.2) is 0 Å². The van der Waals surface area contributed by atoms with Gasteiger partial charge < -0.3 is 4.90 Å². The highest BCUT2D eigenvalue weighted by Gasteiger charge is 2.24. The van der Waals surface area contributed by atoms with Gasteiger partial charge in [-0.2, -0.15) is 0 Å². The zero-order valence-corrected chi connectivity index (χ0v) is 12.5. The minimum Gasteiger partial charge on any atom is -0.342 e. The fourth-order valence-electron chi connectivity index (χ4n) is 2.00. The minimum absolute atomic E-state index is 0.126. The van der Waals surface area contributed by atoms with Crippen LogP contribution in [0.3, 0.4) is 0 Å². The van der Waals surface area contributed by atoms with E-state index in [1.165, 1.54) is 11.8 Å². The van der Waals surface area contributed by atoms with E-state index in [4.69, 9.17) is 23.2 Å². The van der Waals surface area contributed by atoms with Gasteiger partial charge in [0.1, 0.15) is 0 Å². The summed E-state index contributed by atoms with van der Waals surface area (Å²) in [6, 6.07) is 5.32. The van der Waals surface area contributed by atoms with Crippen LogP contribution in [0.25, 0.3) is 0 Å². The smallest absolute Gasteiger partial charge is 0.235 e. The highest BCUT2D eigenvalue weighted by Crippen LogP contribution is 2.33. The van der Waals surface area contributed by atoms with Crippen molar-refractivity contribution in [3.05, 3.63) is 28.2 Å². The Kier molecular flexibility index (Phi) is 4.82. The molecule has 1 aliphatic heterocycles. The van der Waals surface area contributed by atoms with E-state index in [-0.39, 0.29) is 11.2 Å². The van der Waals surface area contributed by atoms with E-state index >= 15 is 0 Å². The zero-order valence-electron chi connectivity index (χ0n) is 10.2. The van der Waals surface area contributed by atoms with Crippen LogP contribution in [0.15, 0.2) is 23.1 Å². The molecule has 98 valence electrons. The fraction of sp³-hybridized carbons (Fsp3) is 0.462. The van der Waals surface area contributed by atoms with E-state index in [0.717, 1.165) is 30.8 Å². The van der Waals surface area contributed by atoms with Crippen molar-refractivity contribution >= 4 is 40.9 Å². The summed E-state index contributed by atoms with van der Waals surface area (Å²) < 4.78 is 0. The molecule has 2 nitrogen and oxygen atoms in total. The van der Waals surface area contributed by atoms with Gasteiger partial charge in [0.05, 0.1) is 10.3 Å². The van der Waals surface area contributed by atoms with Gasteiger partial charge in [-0.3, -0.25) is 4.79 Å². The van der Waals surface area contributed by atoms with Crippen LogP contribution in [-0.2, 0) is 4.79 Å². The molecule has 1 fully saturated rings. The molecule has 2 rings (SSSR count). The molecule has 5 heteroatoms. The lowest BCUT2D eigenvalue weighted by atomic mass is 10.4. The van der Waals surface area contributed by atoms with Crippen LogP contribution < -0.4 is 0 Å². The van der Waals surface area contributed by atoms with Crippen molar-refractivity contribution in [1.82, 2.24) is 4.90 Å². The summed E-state index contributed by atoms with van der Waals surface area (Å²) in [6.45, 7) is 3.68. The maximum atomic E-state index is 12.2. The van der Waals surface area contributed by atoms with Crippen molar-refractivity contribution < 1.29 is 4.79 Å². The number of hydrogen-bond donors (Lipinski definition) is 0. The maximum Gasteiger partial charge on any atom is 0.235 e. The van der Waals surface area contributed by atoms with Crippen molar-refractivity contribution in [2.75, 3.05) is 13.1 Å². The molecule has 1 aromatic rings. The average Bonchev–Trinajstić information content (AvgIpc) is 2.86. The van der Waals surface area contributed by atoms with Gasteiger partial charge in [0.15, 0.2) is 0 Å². The Bertz CT molecular complexity index is 447. The molecule has 0 N–H and O–H groups in total. The number of likely N-dealkylation sites (tertiary alicyclic amines) is 1. The molecule has 1 aliphatic rings. The van der Waals surface area contributed by atoms with Crippen LogP contribution in [0, 0.1) is 0 Å². The summed E-state index contributed by atoms with van der Waals surface area (Å²) in [4.78, 5) is 15.0. The van der Waals surface area contributed by atoms with Gasteiger partial charge in [0.25, 0.3) is 0 Å². The highest BCUT2D eigenvalue weighted by molar-refractivity contribution is 8.00. The quantitative estimate of drug-likeness (QED) is 0.784. The molecule has 0 radical (unpaired) electrons. The Morgan fingerprint density at radius 2 is 2.00 bits per heavy atom. The first kappa shape index (κ1) is 14.0. The number of carbonyl (C=O) groups excluding carboxylic acids is 1. The summed E-state index contributed by atoms with van der Waals surface area (Å²) in [6.07, 6.45) is 2.22. The number of hydrogen-bond acceptors (Lipinski definition) is 2. The molecular weight excluding hydrogens is 289 g/mol. The molecule has 0 spiro atoms. The molecule has 1 saturated heterocycles. The molecule has 0 aliphatic carbocycles. The van der Waals surface area contributed by atoms with Crippen molar-refractivity contribution in [1.29, 1.82) is 0 Å². The van der Waals surface area contributed by atoms with Crippen LogP contribution in [-0.4, -0.2) is 29.1 Å². The van der Waals surface area contributed by atoms with Gasteiger partial charge in [-0.05, 0) is 38.0 Å². The lowest BCUT2D eigenvalue weighted by Crippen LogP contribution is -2.34. The van der Waals surface area contributed by atoms with E-state index in [2.05, 4.69) is 0 Å². The van der Waals surface area contributed by atoms with E-state index in [0.29, 0.717) is 10.0 Å². The standard InChI is InChI=1S/C13H15Cl2NOS/c1-9(13(17)16-6-2-3-7-16)18-12-8-10(14)4-5-11(12)15/h4-5,8-9H,2-3,6-7H2,1H3. The Balaban J connectivity index is 2.03. The monoisotopic (exact) mass is 303 g/mol. The second kappa shape index (κ2) is 6.18. The molecule has 1 amide bonds. The number of thioether (sulfide) groups is 1. The molecule has 0 aromatic heterocycles. The first-order valence-corrected chi connectivity index (χ1v) is 7.62. The number of nitrogens with zero attached hydrogens (tertiary/aromatic N) is 1. The van der Waals surface area contributed by atoms with Crippen LogP contribution in [0.2, 0.25) is 10.0 Å². The second-order valence-electron chi connectivity index (χ2n) is 4.37. The van der Waals surface area contributed by atoms with Gasteiger partial charge in [-0.15, -0.1) is 11.8 Å². The van der Waals surface area contributed by atoms with Crippen molar-refractivity contribution in [2.45, 2.75) is 29.9 Å². The molecule has 18 heavy (non-hydrogen) atoms. The third-order valence-electron chi connectivity index (χ3n) is 2.96. The Hall–Kier alpha value is -0.380. The molecule has 1 atom stereocenters. The lowest BCUT2D eigenvalue weighted by Gasteiger charge is -2.20. The van der Waals surface area contributed by atoms with Gasteiger partial charge >= 0.3 is 0 Å². The molecule has 1 unspecified atom stereocenters. The van der Waals surface area contributed by atoms with Crippen LogP contribution >= 0.6 is 35.0 Å². The Morgan fingerprint density at radius 3 is 2.67 bits per heavy atom. The highest BCUT2D eigenvalue weighted by atomic mass is 35.5. The van der Waals surface area contributed by atoms with E-state index < -0.39 is 0 Å². The summed E-state index contributed by atoms with van der Waals surface area (Å²) in [5.41, 5.74) is 0. The number of carbonyl (C=O) groups is 1. The normalized spacial score (nSPS) is 16.9. The van der Waals surface area contributed by atoms with Crippen molar-refractivity contribution in [3.8, 4) is 0 Å². The summed E-state index contributed by atoms with van der Waals surface area (Å²) in [7, 11) is 0. The third-order valence-corrected chi connectivity index (χ3v) is 4.79. The Morgan fingerprint density at radius 1 is 1.33 bits per heavy atom. The minimum atomic E-state index is -0.126. The molecule has 1 heterocycles. The second-order valence-corrected chi connectivity index (χ2v) is 6.59. The van der Waals surface area contributed by atoms with E-state index in [9.17, 15) is 4.79 Å². The summed E-state index contributed by atoms with van der Waals surface area (Å²) >= 11 is 13.5. The van der Waals surface area contributed by atoms with Crippen LogP contribution in [0.4, 0.5) is 0 Å². The van der Waals surface area contributed by atoms with Crippen molar-refractivity contribution in [2.24, 2.45) is 0 Å². The lowest BCUT2D eigenvalue weighted by molar-refractivity contribution is -0.129. The number of halogens is 2. The van der Waals surface area contributed by atoms with E-state index in [1.54, 1.807) is 12.1 Å². The summed E-state index contributed by atoms with van der Waals surface area (Å²) in [5.74, 6) is 0.188. The molecule has 1 aromatic carbocycles. The van der Waals surface area contributed by atoms with Gasteiger partial charge in [0.2, 0.25) is 5.91 Å². The predicted molar refractivity (Wildman–Crippen MR) is 77.6 cm³/mol. The number of rotatable bonds is 3. The maximum absolute atomic E-state index is 12.2. The summed E-state index contributed by atoms with van der Waals surface area (Å²) in [5, 5.41) is 1.16. The fourth-order valence-corrected chi connectivity index (χ4v) is 3.50. The van der Waals surface area contributed by atoms with Gasteiger partial charge in [0, 0.05) is 23.0 Å². The Labute approximate surface area is 122 Å². The SMILES string of the molecule is CC(Sc1cc(Cl)ccc1Cl)C(=O)N1CCCC1. The van der Waals surface area contributed by atoms with Gasteiger partial charge in [-0.1, -0.05) is 23.2 Å². The topological polar surface area (TPSA) is 20.3 Å².